The fourth-order valence-corrected chi connectivity index (χ4v) is 2.47. The first-order chi connectivity index (χ1) is 9.61. The molecule has 0 aliphatic heterocycles. The lowest BCUT2D eigenvalue weighted by Crippen LogP contribution is -2.07. The predicted octanol–water partition coefficient (Wildman–Crippen LogP) is 3.11. The summed E-state index contributed by atoms with van der Waals surface area (Å²) in [5.74, 6) is 0.826. The van der Waals surface area contributed by atoms with Crippen LogP contribution in [0, 0.1) is 13.8 Å². The molecule has 4 nitrogen and oxygen atoms in total. The van der Waals surface area contributed by atoms with Crippen LogP contribution >= 0.6 is 0 Å². The second-order valence-electron chi connectivity index (χ2n) is 5.00. The van der Waals surface area contributed by atoms with Gasteiger partial charge in [0.2, 0.25) is 0 Å². The van der Waals surface area contributed by atoms with E-state index in [1.54, 1.807) is 0 Å². The van der Waals surface area contributed by atoms with E-state index in [0.29, 0.717) is 6.61 Å². The zero-order valence-corrected chi connectivity index (χ0v) is 12.5. The van der Waals surface area contributed by atoms with Crippen molar-refractivity contribution >= 4 is 5.69 Å². The highest BCUT2D eigenvalue weighted by Gasteiger charge is 2.08. The van der Waals surface area contributed by atoms with Gasteiger partial charge in [-0.1, -0.05) is 13.0 Å². The zero-order chi connectivity index (χ0) is 14.5. The molecule has 0 aliphatic rings. The number of benzene rings is 1. The number of nitrogen functional groups attached to an aromatic ring is 1. The molecule has 1 aromatic heterocycles. The number of aromatic nitrogens is 2. The van der Waals surface area contributed by atoms with Crippen LogP contribution in [0.3, 0.4) is 0 Å². The van der Waals surface area contributed by atoms with E-state index in [0.717, 1.165) is 36.5 Å². The minimum absolute atomic E-state index is 0.670. The molecule has 0 spiro atoms. The van der Waals surface area contributed by atoms with Gasteiger partial charge in [0.05, 0.1) is 12.3 Å². The Kier molecular flexibility index (Phi) is 4.66. The van der Waals surface area contributed by atoms with Crippen LogP contribution in [0.5, 0.6) is 5.75 Å². The lowest BCUT2D eigenvalue weighted by Gasteiger charge is -2.08. The molecule has 2 N–H and O–H groups in total. The van der Waals surface area contributed by atoms with Crippen LogP contribution in [0.1, 0.15) is 30.3 Å². The maximum Gasteiger partial charge on any atom is 0.121 e. The van der Waals surface area contributed by atoms with Gasteiger partial charge in [0.15, 0.2) is 0 Å². The molecule has 0 unspecified atom stereocenters. The summed E-state index contributed by atoms with van der Waals surface area (Å²) >= 11 is 0. The van der Waals surface area contributed by atoms with E-state index in [1.807, 2.05) is 24.3 Å². The summed E-state index contributed by atoms with van der Waals surface area (Å²) in [6.45, 7) is 7.94. The van der Waals surface area contributed by atoms with Crippen molar-refractivity contribution in [2.24, 2.45) is 0 Å². The number of nitrogens with two attached hydrogens (primary N) is 1. The highest BCUT2D eigenvalue weighted by Crippen LogP contribution is 2.16. The molecule has 2 rings (SSSR count). The third-order valence-electron chi connectivity index (χ3n) is 3.53. The smallest absolute Gasteiger partial charge is 0.121 e. The lowest BCUT2D eigenvalue weighted by atomic mass is 10.1. The Morgan fingerprint density at radius 3 is 2.75 bits per heavy atom. The molecule has 2 aromatic rings. The molecule has 0 radical (unpaired) electrons. The van der Waals surface area contributed by atoms with Crippen LogP contribution in [-0.4, -0.2) is 16.4 Å². The van der Waals surface area contributed by atoms with Crippen molar-refractivity contribution in [1.29, 1.82) is 0 Å². The lowest BCUT2D eigenvalue weighted by molar-refractivity contribution is 0.298. The van der Waals surface area contributed by atoms with Crippen LogP contribution in [0.2, 0.25) is 0 Å². The normalized spacial score (nSPS) is 10.8. The Labute approximate surface area is 120 Å². The first kappa shape index (κ1) is 14.4. The molecule has 0 aliphatic carbocycles. The van der Waals surface area contributed by atoms with E-state index in [4.69, 9.17) is 10.5 Å². The van der Waals surface area contributed by atoms with Crippen molar-refractivity contribution < 1.29 is 4.74 Å². The Balaban J connectivity index is 1.84. The van der Waals surface area contributed by atoms with Crippen molar-refractivity contribution in [1.82, 2.24) is 9.78 Å². The average Bonchev–Trinajstić information content (AvgIpc) is 2.69. The molecule has 4 heteroatoms. The van der Waals surface area contributed by atoms with Gasteiger partial charge in [-0.05, 0) is 38.0 Å². The van der Waals surface area contributed by atoms with Crippen LogP contribution in [0.25, 0.3) is 0 Å². The first-order valence-electron chi connectivity index (χ1n) is 7.13. The summed E-state index contributed by atoms with van der Waals surface area (Å²) in [5, 5.41) is 4.58. The Morgan fingerprint density at radius 1 is 1.30 bits per heavy atom. The van der Waals surface area contributed by atoms with E-state index < -0.39 is 0 Å². The summed E-state index contributed by atoms with van der Waals surface area (Å²) in [4.78, 5) is 0. The summed E-state index contributed by atoms with van der Waals surface area (Å²) in [6.07, 6.45) is 1.97. The molecule has 0 bridgehead atoms. The van der Waals surface area contributed by atoms with Crippen LogP contribution < -0.4 is 10.5 Å². The third kappa shape index (κ3) is 3.32. The van der Waals surface area contributed by atoms with E-state index in [1.165, 1.54) is 11.3 Å². The van der Waals surface area contributed by atoms with Gasteiger partial charge in [-0.2, -0.15) is 5.10 Å². The molecule has 0 saturated carbocycles. The van der Waals surface area contributed by atoms with Crippen LogP contribution in [-0.2, 0) is 13.0 Å². The maximum absolute atomic E-state index is 5.71. The van der Waals surface area contributed by atoms with Crippen molar-refractivity contribution in [3.05, 3.63) is 41.2 Å². The summed E-state index contributed by atoms with van der Waals surface area (Å²) < 4.78 is 7.77. The monoisotopic (exact) mass is 273 g/mol. The minimum Gasteiger partial charge on any atom is -0.493 e. The maximum atomic E-state index is 5.71. The van der Waals surface area contributed by atoms with Crippen LogP contribution in [0.4, 0.5) is 5.69 Å². The van der Waals surface area contributed by atoms with Crippen molar-refractivity contribution in [2.45, 2.75) is 40.2 Å². The number of rotatable bonds is 6. The SMILES string of the molecule is CCc1c(C)nn(CCCOc2cccc(N)c2)c1C. The predicted molar refractivity (Wildman–Crippen MR) is 82.0 cm³/mol. The number of aryl methyl sites for hydroxylation is 2. The number of hydrogen-bond acceptors (Lipinski definition) is 3. The van der Waals surface area contributed by atoms with Crippen molar-refractivity contribution in [2.75, 3.05) is 12.3 Å². The molecular formula is C16H23N3O. The molecule has 108 valence electrons. The Morgan fingerprint density at radius 2 is 2.10 bits per heavy atom. The van der Waals surface area contributed by atoms with Gasteiger partial charge in [-0.25, -0.2) is 0 Å². The van der Waals surface area contributed by atoms with Gasteiger partial charge < -0.3 is 10.5 Å². The third-order valence-corrected chi connectivity index (χ3v) is 3.53. The van der Waals surface area contributed by atoms with Crippen LogP contribution in [0.15, 0.2) is 24.3 Å². The number of ether oxygens (including phenoxy) is 1. The zero-order valence-electron chi connectivity index (χ0n) is 12.5. The van der Waals surface area contributed by atoms with Gasteiger partial charge in [0, 0.05) is 30.4 Å². The van der Waals surface area contributed by atoms with E-state index in [9.17, 15) is 0 Å². The number of nitrogens with zero attached hydrogens (tertiary/aromatic N) is 2. The summed E-state index contributed by atoms with van der Waals surface area (Å²) in [5.41, 5.74) is 10.2. The Hall–Kier alpha value is -1.97. The molecule has 1 aromatic carbocycles. The molecule has 20 heavy (non-hydrogen) atoms. The molecular weight excluding hydrogens is 250 g/mol. The van der Waals surface area contributed by atoms with Gasteiger partial charge in [-0.3, -0.25) is 4.68 Å². The average molecular weight is 273 g/mol. The molecule has 1 heterocycles. The van der Waals surface area contributed by atoms with Gasteiger partial charge in [0.25, 0.3) is 0 Å². The second-order valence-corrected chi connectivity index (χ2v) is 5.00. The molecule has 0 fully saturated rings. The topological polar surface area (TPSA) is 53.1 Å². The van der Waals surface area contributed by atoms with E-state index in [-0.39, 0.29) is 0 Å². The fraction of sp³-hybridized carbons (Fsp3) is 0.438. The second kappa shape index (κ2) is 6.46. The molecule has 0 saturated heterocycles. The number of anilines is 1. The minimum atomic E-state index is 0.670. The van der Waals surface area contributed by atoms with Gasteiger partial charge in [0.1, 0.15) is 5.75 Å². The van der Waals surface area contributed by atoms with E-state index in [2.05, 4.69) is 30.6 Å². The van der Waals surface area contributed by atoms with Crippen molar-refractivity contribution in [3.63, 3.8) is 0 Å². The molecule has 0 atom stereocenters. The van der Waals surface area contributed by atoms with Gasteiger partial charge in [-0.15, -0.1) is 0 Å². The standard InChI is InChI=1S/C16H23N3O/c1-4-16-12(2)18-19(13(16)3)9-6-10-20-15-8-5-7-14(17)11-15/h5,7-8,11H,4,6,9-10,17H2,1-3H3. The quantitative estimate of drug-likeness (QED) is 0.650. The highest BCUT2D eigenvalue weighted by molar-refractivity contribution is 5.43. The van der Waals surface area contributed by atoms with E-state index >= 15 is 0 Å². The number of hydrogen-bond donors (Lipinski definition) is 1. The highest BCUT2D eigenvalue weighted by atomic mass is 16.5. The largest absolute Gasteiger partial charge is 0.493 e. The Bertz CT molecular complexity index is 575. The van der Waals surface area contributed by atoms with Crippen molar-refractivity contribution in [3.8, 4) is 5.75 Å². The summed E-state index contributed by atoms with van der Waals surface area (Å²) in [6, 6.07) is 7.53. The summed E-state index contributed by atoms with van der Waals surface area (Å²) in [7, 11) is 0. The first-order valence-corrected chi connectivity index (χ1v) is 7.13. The fourth-order valence-electron chi connectivity index (χ4n) is 2.47. The molecule has 0 amide bonds. The van der Waals surface area contributed by atoms with Gasteiger partial charge >= 0.3 is 0 Å².